The highest BCUT2D eigenvalue weighted by atomic mass is 32.2. The maximum absolute atomic E-state index is 13.4. The van der Waals surface area contributed by atoms with Crippen molar-refractivity contribution in [1.82, 2.24) is 14.5 Å². The summed E-state index contributed by atoms with van der Waals surface area (Å²) in [6.45, 7) is -0.363. The van der Waals surface area contributed by atoms with Crippen LogP contribution in [0.3, 0.4) is 0 Å². The van der Waals surface area contributed by atoms with Crippen LogP contribution in [0.2, 0.25) is 0 Å². The van der Waals surface area contributed by atoms with Gasteiger partial charge in [0.1, 0.15) is 59.6 Å². The van der Waals surface area contributed by atoms with Gasteiger partial charge in [-0.1, -0.05) is 18.6 Å². The number of thioether (sulfide) groups is 1. The number of aryl methyl sites for hydroxylation is 1. The molecule has 2 aromatic carbocycles. The van der Waals surface area contributed by atoms with Crippen molar-refractivity contribution in [3.63, 3.8) is 0 Å². The van der Waals surface area contributed by atoms with Crippen LogP contribution in [0, 0.1) is 5.82 Å². The van der Waals surface area contributed by atoms with E-state index in [1.165, 1.54) is 40.9 Å². The summed E-state index contributed by atoms with van der Waals surface area (Å²) in [6.07, 6.45) is -5.98. The minimum absolute atomic E-state index is 0.00841. The number of hydrogen-bond acceptors (Lipinski definition) is 19. The molecule has 3 heterocycles. The van der Waals surface area contributed by atoms with Gasteiger partial charge in [0.25, 0.3) is 5.56 Å². The predicted molar refractivity (Wildman–Crippen MR) is 224 cm³/mol. The number of ether oxygens (including phenoxy) is 6. The van der Waals surface area contributed by atoms with Gasteiger partial charge in [-0.05, 0) is 37.0 Å². The molecule has 0 saturated carbocycles. The zero-order valence-electron chi connectivity index (χ0n) is 35.1. The van der Waals surface area contributed by atoms with Crippen molar-refractivity contribution in [3.05, 3.63) is 80.4 Å². The monoisotopic (exact) mass is 937 g/mol. The Hall–Kier alpha value is -5.40. The molecule has 0 spiro atoms. The lowest BCUT2D eigenvalue weighted by Gasteiger charge is -2.39. The summed E-state index contributed by atoms with van der Waals surface area (Å²) in [5.41, 5.74) is -1.64. The molecule has 2 aliphatic heterocycles. The standard InChI is InChI=1S/C42H52FN3O18S/c43-27-21-45(42(58)44-39(27)56)23-62-34(52)4-2-1-3-11-46-33(51)20-32(40(46)57)65-17-16-60-13-12-59-14-15-61-26-18-29(50)35(28(49)10-7-24-5-8-25(48)9-6-24)30(19-26)63-41-38(55)37(54)36(53)31(22-47)64-41/h5-6,8-9,18-19,21,31-32,36-38,41,47-48,50,53-55H,1-4,7,10-17,20,22-23H2,(H,44,56,58)/t31-,32?,36-,37?,38-,41-/m1/s1. The number of esters is 1. The number of carbonyl (C=O) groups excluding carboxylic acids is 4. The summed E-state index contributed by atoms with van der Waals surface area (Å²) in [6, 6.07) is 8.69. The maximum atomic E-state index is 13.4. The lowest BCUT2D eigenvalue weighted by molar-refractivity contribution is -0.277. The number of imide groups is 1. The van der Waals surface area contributed by atoms with Gasteiger partial charge in [0.05, 0.1) is 44.5 Å². The second-order valence-corrected chi connectivity index (χ2v) is 16.2. The number of ketones is 1. The summed E-state index contributed by atoms with van der Waals surface area (Å²) in [5.74, 6) is -3.22. The van der Waals surface area contributed by atoms with Gasteiger partial charge in [-0.3, -0.25) is 38.4 Å². The predicted octanol–water partition coefficient (Wildman–Crippen LogP) is 0.115. The summed E-state index contributed by atoms with van der Waals surface area (Å²) in [5, 5.41) is 60.6. The average molecular weight is 938 g/mol. The summed E-state index contributed by atoms with van der Waals surface area (Å²) in [7, 11) is 0. The number of unbranched alkanes of at least 4 members (excludes halogenated alkanes) is 2. The molecular weight excluding hydrogens is 886 g/mol. The Bertz CT molecular complexity index is 2200. The molecule has 2 amide bonds. The fourth-order valence-electron chi connectivity index (χ4n) is 6.68. The minimum atomic E-state index is -1.80. The highest BCUT2D eigenvalue weighted by molar-refractivity contribution is 8.00. The van der Waals surface area contributed by atoms with Gasteiger partial charge in [-0.2, -0.15) is 4.39 Å². The third-order valence-electron chi connectivity index (χ3n) is 10.2. The Morgan fingerprint density at radius 1 is 0.892 bits per heavy atom. The van der Waals surface area contributed by atoms with Gasteiger partial charge < -0.3 is 59.1 Å². The number of nitrogens with one attached hydrogen (secondary N) is 1. The van der Waals surface area contributed by atoms with E-state index in [0.29, 0.717) is 35.8 Å². The lowest BCUT2D eigenvalue weighted by atomic mass is 9.99. The molecule has 65 heavy (non-hydrogen) atoms. The van der Waals surface area contributed by atoms with Crippen molar-refractivity contribution < 1.29 is 82.6 Å². The first-order valence-corrected chi connectivity index (χ1v) is 21.8. The quantitative estimate of drug-likeness (QED) is 0.0243. The van der Waals surface area contributed by atoms with E-state index in [1.54, 1.807) is 17.1 Å². The summed E-state index contributed by atoms with van der Waals surface area (Å²) in [4.78, 5) is 76.5. The fourth-order valence-corrected chi connectivity index (χ4v) is 7.71. The number of aromatic nitrogens is 2. The van der Waals surface area contributed by atoms with Crippen LogP contribution in [-0.2, 0) is 46.5 Å². The fraction of sp³-hybridized carbons (Fsp3) is 0.524. The molecule has 3 aromatic rings. The van der Waals surface area contributed by atoms with Crippen molar-refractivity contribution in [2.75, 3.05) is 51.9 Å². The molecule has 2 unspecified atom stereocenters. The minimum Gasteiger partial charge on any atom is -0.508 e. The number of aliphatic hydroxyl groups is 4. The largest absolute Gasteiger partial charge is 0.508 e. The van der Waals surface area contributed by atoms with E-state index in [9.17, 15) is 63.8 Å². The molecule has 7 N–H and O–H groups in total. The van der Waals surface area contributed by atoms with Crippen LogP contribution in [0.4, 0.5) is 4.39 Å². The number of H-pyrrole nitrogens is 1. The number of phenolic OH excluding ortho intramolecular Hbond substituents is 2. The smallest absolute Gasteiger partial charge is 0.331 e. The second-order valence-electron chi connectivity index (χ2n) is 14.9. The molecule has 1 aromatic heterocycles. The molecule has 5 rings (SSSR count). The normalized spacial score (nSPS) is 20.8. The number of halogens is 1. The van der Waals surface area contributed by atoms with E-state index >= 15 is 0 Å². The number of hydrogen-bond donors (Lipinski definition) is 7. The van der Waals surface area contributed by atoms with Crippen LogP contribution >= 0.6 is 11.8 Å². The average Bonchev–Trinajstić information content (AvgIpc) is 3.54. The molecule has 0 bridgehead atoms. The number of benzene rings is 2. The number of Topliss-reactive ketones (excluding diaryl/α,β-unsaturated/α-hetero) is 1. The summed E-state index contributed by atoms with van der Waals surface area (Å²) >= 11 is 1.30. The number of aromatic amines is 1. The lowest BCUT2D eigenvalue weighted by Crippen LogP contribution is -2.60. The van der Waals surface area contributed by atoms with Gasteiger partial charge in [0, 0.05) is 43.7 Å². The first kappa shape index (κ1) is 50.6. The molecule has 6 atom stereocenters. The molecule has 0 radical (unpaired) electrons. The number of aromatic hydroxyl groups is 2. The number of amides is 2. The number of phenols is 2. The van der Waals surface area contributed by atoms with Crippen molar-refractivity contribution in [1.29, 1.82) is 0 Å². The van der Waals surface area contributed by atoms with Crippen molar-refractivity contribution in [2.45, 2.75) is 87.6 Å². The molecular formula is C42H52FN3O18S. The van der Waals surface area contributed by atoms with E-state index < -0.39 is 83.9 Å². The van der Waals surface area contributed by atoms with Crippen LogP contribution in [-0.4, -0.2) is 157 Å². The van der Waals surface area contributed by atoms with Gasteiger partial charge in [0.15, 0.2) is 12.5 Å². The van der Waals surface area contributed by atoms with E-state index in [0.717, 1.165) is 5.56 Å². The van der Waals surface area contributed by atoms with E-state index in [-0.39, 0.29) is 99.9 Å². The van der Waals surface area contributed by atoms with Crippen LogP contribution < -0.4 is 20.7 Å². The van der Waals surface area contributed by atoms with E-state index in [4.69, 9.17) is 28.4 Å². The van der Waals surface area contributed by atoms with Crippen LogP contribution in [0.5, 0.6) is 23.0 Å². The Labute approximate surface area is 374 Å². The molecule has 0 aliphatic carbocycles. The number of carbonyl (C=O) groups is 4. The zero-order chi connectivity index (χ0) is 47.0. The molecule has 2 aliphatic rings. The zero-order valence-corrected chi connectivity index (χ0v) is 35.9. The second kappa shape index (κ2) is 24.8. The third-order valence-corrected chi connectivity index (χ3v) is 11.4. The van der Waals surface area contributed by atoms with Crippen LogP contribution in [0.1, 0.15) is 54.4 Å². The first-order valence-electron chi connectivity index (χ1n) is 20.7. The number of likely N-dealkylation sites (tertiary alicyclic amines) is 1. The number of nitrogens with zero attached hydrogens (tertiary/aromatic N) is 2. The molecule has 23 heteroatoms. The van der Waals surface area contributed by atoms with Crippen LogP contribution in [0.15, 0.2) is 52.2 Å². The Morgan fingerprint density at radius 3 is 2.35 bits per heavy atom. The maximum Gasteiger partial charge on any atom is 0.331 e. The third kappa shape index (κ3) is 14.5. The number of rotatable bonds is 26. The van der Waals surface area contributed by atoms with Crippen LogP contribution in [0.25, 0.3) is 0 Å². The number of aliphatic hydroxyl groups excluding tert-OH is 4. The van der Waals surface area contributed by atoms with Gasteiger partial charge >= 0.3 is 11.7 Å². The Balaban J connectivity index is 0.977. The van der Waals surface area contributed by atoms with E-state index in [1.807, 2.05) is 0 Å². The Morgan fingerprint density at radius 2 is 1.62 bits per heavy atom. The van der Waals surface area contributed by atoms with Gasteiger partial charge in [-0.15, -0.1) is 11.8 Å². The highest BCUT2D eigenvalue weighted by Crippen LogP contribution is 2.37. The molecule has 2 saturated heterocycles. The summed E-state index contributed by atoms with van der Waals surface area (Å²) < 4.78 is 47.1. The van der Waals surface area contributed by atoms with Gasteiger partial charge in [0.2, 0.25) is 23.9 Å². The molecule has 356 valence electrons. The van der Waals surface area contributed by atoms with Gasteiger partial charge in [-0.25, -0.2) is 4.79 Å². The topological polar surface area (TPSA) is 303 Å². The first-order chi connectivity index (χ1) is 31.2. The molecule has 2 fully saturated rings. The SMILES string of the molecule is O=C(CCCCCN1C(=O)CC(SCCOCCOCCOc2cc(O)c(C(=O)CCc3ccc(O)cc3)c(O[C@@H]3O[C@H](CO)[C@@H](O)C(O)[C@H]3O)c2)C1=O)OCn1cc(F)c(=O)[nH]c1=O. The van der Waals surface area contributed by atoms with Crippen molar-refractivity contribution >= 4 is 35.3 Å². The van der Waals surface area contributed by atoms with E-state index in [2.05, 4.69) is 0 Å². The highest BCUT2D eigenvalue weighted by Gasteiger charge is 2.45. The van der Waals surface area contributed by atoms with Crippen molar-refractivity contribution in [3.8, 4) is 23.0 Å². The molecule has 21 nitrogen and oxygen atoms in total. The Kier molecular flexibility index (Phi) is 19.3. The van der Waals surface area contributed by atoms with Crippen molar-refractivity contribution in [2.24, 2.45) is 0 Å².